The van der Waals surface area contributed by atoms with Crippen LogP contribution < -0.4 is 9.80 Å². The molecule has 2 saturated heterocycles. The third kappa shape index (κ3) is 5.01. The fourth-order valence-electron chi connectivity index (χ4n) is 5.31. The van der Waals surface area contributed by atoms with Gasteiger partial charge in [0, 0.05) is 18.8 Å². The summed E-state index contributed by atoms with van der Waals surface area (Å²) in [5.74, 6) is -2.78. The third-order valence-electron chi connectivity index (χ3n) is 7.85. The minimum Gasteiger partial charge on any atom is -0.311 e. The van der Waals surface area contributed by atoms with E-state index in [-0.39, 0.29) is 18.9 Å². The second-order valence-electron chi connectivity index (χ2n) is 11.8. The van der Waals surface area contributed by atoms with Crippen LogP contribution in [-0.4, -0.2) is 34.8 Å². The van der Waals surface area contributed by atoms with Gasteiger partial charge in [-0.15, -0.1) is 0 Å². The fourth-order valence-corrected chi connectivity index (χ4v) is 5.31. The molecule has 2 aliphatic heterocycles. The minimum absolute atomic E-state index is 0.0272. The Balaban J connectivity index is 1.40. The SMILES string of the molecule is CC1(C)CN(c2ccc(Cc3cc(F)ccc3CN3C(=O)N(c4ccc(F)c(C(F)(F)F)c4)C(=O)C3(C)C)cc2)C1=O. The molecule has 2 fully saturated rings. The molecule has 0 atom stereocenters. The first-order valence-electron chi connectivity index (χ1n) is 13.2. The maximum atomic E-state index is 14.3. The van der Waals surface area contributed by atoms with Crippen LogP contribution in [0.25, 0.3) is 0 Å². The Morgan fingerprint density at radius 3 is 2.02 bits per heavy atom. The van der Waals surface area contributed by atoms with Crippen LogP contribution in [0.1, 0.15) is 49.9 Å². The van der Waals surface area contributed by atoms with Crippen molar-refractivity contribution < 1.29 is 36.3 Å². The predicted octanol–water partition coefficient (Wildman–Crippen LogP) is 6.69. The first-order valence-corrected chi connectivity index (χ1v) is 13.2. The predicted molar refractivity (Wildman–Crippen MR) is 146 cm³/mol. The first kappa shape index (κ1) is 29.2. The lowest BCUT2D eigenvalue weighted by atomic mass is 9.82. The van der Waals surface area contributed by atoms with E-state index in [1.165, 1.54) is 36.9 Å². The van der Waals surface area contributed by atoms with Crippen molar-refractivity contribution in [2.24, 2.45) is 5.41 Å². The van der Waals surface area contributed by atoms with Crippen LogP contribution in [0.4, 0.5) is 38.1 Å². The van der Waals surface area contributed by atoms with E-state index < -0.39 is 52.0 Å². The summed E-state index contributed by atoms with van der Waals surface area (Å²) < 4.78 is 68.2. The summed E-state index contributed by atoms with van der Waals surface area (Å²) in [6.45, 7) is 7.15. The van der Waals surface area contributed by atoms with Crippen molar-refractivity contribution in [1.29, 1.82) is 0 Å². The summed E-state index contributed by atoms with van der Waals surface area (Å²) >= 11 is 0. The maximum Gasteiger partial charge on any atom is 0.419 e. The fraction of sp³-hybridized carbons (Fsp3) is 0.323. The zero-order chi connectivity index (χ0) is 30.8. The lowest BCUT2D eigenvalue weighted by Gasteiger charge is -2.44. The Morgan fingerprint density at radius 1 is 0.786 bits per heavy atom. The average molecular weight is 586 g/mol. The number of benzene rings is 3. The van der Waals surface area contributed by atoms with Gasteiger partial charge in [-0.05, 0) is 93.3 Å². The number of amides is 4. The molecule has 2 aliphatic rings. The molecule has 3 aromatic rings. The van der Waals surface area contributed by atoms with Crippen LogP contribution in [0.2, 0.25) is 0 Å². The van der Waals surface area contributed by atoms with Gasteiger partial charge in [0.05, 0.1) is 16.7 Å². The first-order chi connectivity index (χ1) is 19.5. The van der Waals surface area contributed by atoms with Crippen LogP contribution in [0.3, 0.4) is 0 Å². The van der Waals surface area contributed by atoms with Crippen LogP contribution in [0.5, 0.6) is 0 Å². The number of anilines is 2. The van der Waals surface area contributed by atoms with Crippen molar-refractivity contribution in [3.63, 3.8) is 0 Å². The van der Waals surface area contributed by atoms with Crippen molar-refractivity contribution in [2.75, 3.05) is 16.3 Å². The normalized spacial score (nSPS) is 18.1. The van der Waals surface area contributed by atoms with Crippen LogP contribution in [-0.2, 0) is 28.7 Å². The van der Waals surface area contributed by atoms with Crippen LogP contribution in [0.15, 0.2) is 60.7 Å². The molecule has 11 heteroatoms. The van der Waals surface area contributed by atoms with Gasteiger partial charge >= 0.3 is 12.2 Å². The number of rotatable bonds is 6. The van der Waals surface area contributed by atoms with Gasteiger partial charge in [-0.25, -0.2) is 18.5 Å². The molecule has 0 radical (unpaired) electrons. The Kier molecular flexibility index (Phi) is 6.90. The lowest BCUT2D eigenvalue weighted by Crippen LogP contribution is -2.58. The third-order valence-corrected chi connectivity index (χ3v) is 7.85. The molecule has 5 rings (SSSR count). The summed E-state index contributed by atoms with van der Waals surface area (Å²) in [6, 6.07) is 12.4. The Morgan fingerprint density at radius 2 is 1.43 bits per heavy atom. The number of urea groups is 1. The van der Waals surface area contributed by atoms with Crippen molar-refractivity contribution in [1.82, 2.24) is 4.90 Å². The number of hydrogen-bond acceptors (Lipinski definition) is 3. The zero-order valence-electron chi connectivity index (χ0n) is 23.4. The van der Waals surface area contributed by atoms with Crippen molar-refractivity contribution in [3.05, 3.63) is 94.6 Å². The number of carbonyl (C=O) groups excluding carboxylic acids is 3. The van der Waals surface area contributed by atoms with E-state index in [0.717, 1.165) is 17.3 Å². The molecule has 6 nitrogen and oxygen atoms in total. The molecule has 0 unspecified atom stereocenters. The summed E-state index contributed by atoms with van der Waals surface area (Å²) in [7, 11) is 0. The van der Waals surface area contributed by atoms with Gasteiger partial charge in [0.1, 0.15) is 17.2 Å². The Hall–Kier alpha value is -4.28. The van der Waals surface area contributed by atoms with Gasteiger partial charge in [0.25, 0.3) is 5.91 Å². The Bertz CT molecular complexity index is 1600. The molecular formula is C31H28F5N3O3. The van der Waals surface area contributed by atoms with Crippen LogP contribution >= 0.6 is 0 Å². The van der Waals surface area contributed by atoms with Crippen molar-refractivity contribution in [3.8, 4) is 0 Å². The average Bonchev–Trinajstić information content (AvgIpc) is 3.08. The highest BCUT2D eigenvalue weighted by molar-refractivity contribution is 6.23. The maximum absolute atomic E-state index is 14.3. The molecule has 0 aliphatic carbocycles. The minimum atomic E-state index is -5.02. The molecule has 42 heavy (non-hydrogen) atoms. The molecule has 0 N–H and O–H groups in total. The number of β-lactam (4-membered cyclic amide) rings is 1. The summed E-state index contributed by atoms with van der Waals surface area (Å²) in [5, 5.41) is 0. The van der Waals surface area contributed by atoms with E-state index >= 15 is 0 Å². The zero-order valence-corrected chi connectivity index (χ0v) is 23.4. The monoisotopic (exact) mass is 585 g/mol. The van der Waals surface area contributed by atoms with Gasteiger partial charge in [0.15, 0.2) is 0 Å². The number of alkyl halides is 3. The molecule has 0 bridgehead atoms. The number of hydrogen-bond donors (Lipinski definition) is 0. The molecule has 4 amide bonds. The van der Waals surface area contributed by atoms with E-state index in [2.05, 4.69) is 0 Å². The summed E-state index contributed by atoms with van der Waals surface area (Å²) in [5.41, 5.74) is -1.22. The number of carbonyl (C=O) groups is 3. The molecule has 0 aromatic heterocycles. The molecule has 3 aromatic carbocycles. The van der Waals surface area contributed by atoms with Gasteiger partial charge < -0.3 is 9.80 Å². The van der Waals surface area contributed by atoms with E-state index in [9.17, 15) is 36.3 Å². The number of imide groups is 1. The quantitative estimate of drug-likeness (QED) is 0.184. The number of halogens is 5. The largest absolute Gasteiger partial charge is 0.419 e. The molecule has 0 spiro atoms. The van der Waals surface area contributed by atoms with E-state index in [4.69, 9.17) is 0 Å². The van der Waals surface area contributed by atoms with Gasteiger partial charge in [-0.2, -0.15) is 13.2 Å². The van der Waals surface area contributed by atoms with E-state index in [0.29, 0.717) is 34.7 Å². The standard InChI is InChI=1S/C31H28F5N3O3/c1-29(2)17-37(26(29)40)22-9-5-18(6-10-22)13-20-14-21(32)8-7-19(20)16-38-28(42)39(27(41)30(38,3)4)23-11-12-25(33)24(15-23)31(34,35)36/h5-12,14-15H,13,16-17H2,1-4H3. The Labute approximate surface area is 239 Å². The van der Waals surface area contributed by atoms with Crippen molar-refractivity contribution in [2.45, 2.75) is 52.4 Å². The highest BCUT2D eigenvalue weighted by Gasteiger charge is 2.52. The smallest absolute Gasteiger partial charge is 0.311 e. The van der Waals surface area contributed by atoms with E-state index in [1.54, 1.807) is 4.90 Å². The molecule has 0 saturated carbocycles. The van der Waals surface area contributed by atoms with Crippen molar-refractivity contribution >= 4 is 29.2 Å². The second-order valence-corrected chi connectivity index (χ2v) is 11.8. The molecule has 220 valence electrons. The summed E-state index contributed by atoms with van der Waals surface area (Å²) in [4.78, 5) is 42.6. The van der Waals surface area contributed by atoms with Gasteiger partial charge in [0.2, 0.25) is 5.91 Å². The second kappa shape index (κ2) is 9.92. The molecular weight excluding hydrogens is 557 g/mol. The number of nitrogens with zero attached hydrogens (tertiary/aromatic N) is 3. The lowest BCUT2D eigenvalue weighted by molar-refractivity contribution is -0.140. The van der Waals surface area contributed by atoms with Gasteiger partial charge in [-0.3, -0.25) is 9.59 Å². The highest BCUT2D eigenvalue weighted by Crippen LogP contribution is 2.39. The highest BCUT2D eigenvalue weighted by atomic mass is 19.4. The topological polar surface area (TPSA) is 60.9 Å². The van der Waals surface area contributed by atoms with Gasteiger partial charge in [-0.1, -0.05) is 18.2 Å². The molecule has 2 heterocycles. The van der Waals surface area contributed by atoms with Crippen LogP contribution in [0, 0.1) is 17.0 Å². The van der Waals surface area contributed by atoms with E-state index in [1.807, 2.05) is 38.1 Å². The summed E-state index contributed by atoms with van der Waals surface area (Å²) in [6.07, 6.45) is -4.75.